The SMILES string of the molecule is CC#COC(=O)C/C(C)=C/C=C\C.[HH]. The van der Waals surface area contributed by atoms with Crippen molar-refractivity contribution in [2.75, 3.05) is 0 Å². The highest BCUT2D eigenvalue weighted by Crippen LogP contribution is 2.01. The van der Waals surface area contributed by atoms with Crippen molar-refractivity contribution >= 4 is 5.97 Å². The first kappa shape index (κ1) is 11.5. The molecular weight excluding hydrogens is 164 g/mol. The zero-order valence-corrected chi connectivity index (χ0v) is 8.26. The zero-order valence-electron chi connectivity index (χ0n) is 8.26. The van der Waals surface area contributed by atoms with Gasteiger partial charge in [0.1, 0.15) is 6.11 Å². The van der Waals surface area contributed by atoms with Crippen molar-refractivity contribution < 1.29 is 11.0 Å². The lowest BCUT2D eigenvalue weighted by Crippen LogP contribution is -1.99. The van der Waals surface area contributed by atoms with Gasteiger partial charge in [0.15, 0.2) is 0 Å². The number of carbonyl (C=O) groups is 1. The Bertz CT molecular complexity index is 279. The van der Waals surface area contributed by atoms with E-state index >= 15 is 0 Å². The van der Waals surface area contributed by atoms with E-state index < -0.39 is 0 Å². The van der Waals surface area contributed by atoms with Crippen LogP contribution < -0.4 is 0 Å². The lowest BCUT2D eigenvalue weighted by atomic mass is 10.2. The molecule has 0 unspecified atom stereocenters. The highest BCUT2D eigenvalue weighted by atomic mass is 16.5. The van der Waals surface area contributed by atoms with Crippen LogP contribution in [0.2, 0.25) is 0 Å². The van der Waals surface area contributed by atoms with Gasteiger partial charge in [-0.05, 0) is 13.8 Å². The van der Waals surface area contributed by atoms with E-state index in [0.717, 1.165) is 5.57 Å². The monoisotopic (exact) mass is 180 g/mol. The normalized spacial score (nSPS) is 10.8. The van der Waals surface area contributed by atoms with Gasteiger partial charge in [-0.2, -0.15) is 0 Å². The summed E-state index contributed by atoms with van der Waals surface area (Å²) in [5, 5.41) is 0. The second-order valence-corrected chi connectivity index (χ2v) is 2.54. The molecule has 0 radical (unpaired) electrons. The van der Waals surface area contributed by atoms with E-state index in [-0.39, 0.29) is 7.40 Å². The summed E-state index contributed by atoms with van der Waals surface area (Å²) < 4.78 is 4.58. The molecule has 0 rings (SSSR count). The maximum absolute atomic E-state index is 11.0. The van der Waals surface area contributed by atoms with Crippen LogP contribution in [0.1, 0.15) is 28.6 Å². The summed E-state index contributed by atoms with van der Waals surface area (Å²) in [6.07, 6.45) is 8.22. The van der Waals surface area contributed by atoms with Gasteiger partial charge in [0, 0.05) is 8.35 Å². The maximum atomic E-state index is 11.0. The van der Waals surface area contributed by atoms with Gasteiger partial charge < -0.3 is 4.74 Å². The molecule has 13 heavy (non-hydrogen) atoms. The van der Waals surface area contributed by atoms with Crippen LogP contribution in [0.3, 0.4) is 0 Å². The highest BCUT2D eigenvalue weighted by Gasteiger charge is 2.00. The molecule has 0 amide bonds. The van der Waals surface area contributed by atoms with E-state index in [1.54, 1.807) is 6.92 Å². The lowest BCUT2D eigenvalue weighted by molar-refractivity contribution is -0.136. The van der Waals surface area contributed by atoms with E-state index in [4.69, 9.17) is 0 Å². The predicted octanol–water partition coefficient (Wildman–Crippen LogP) is 2.67. The number of carbonyl (C=O) groups excluding carboxylic acids is 1. The van der Waals surface area contributed by atoms with Gasteiger partial charge in [-0.15, -0.1) is 0 Å². The number of rotatable bonds is 3. The molecule has 72 valence electrons. The first-order valence-electron chi connectivity index (χ1n) is 4.10. The zero-order chi connectivity index (χ0) is 10.1. The maximum Gasteiger partial charge on any atom is 0.323 e. The molecule has 0 saturated carbocycles. The van der Waals surface area contributed by atoms with Gasteiger partial charge in [-0.1, -0.05) is 29.7 Å². The molecule has 0 heterocycles. The van der Waals surface area contributed by atoms with Crippen molar-refractivity contribution in [1.82, 2.24) is 0 Å². The fourth-order valence-corrected chi connectivity index (χ4v) is 0.691. The van der Waals surface area contributed by atoms with Gasteiger partial charge in [0.05, 0.1) is 6.42 Å². The highest BCUT2D eigenvalue weighted by molar-refractivity contribution is 5.73. The molecule has 0 saturated heterocycles. The largest absolute Gasteiger partial charge is 0.372 e. The Morgan fingerprint density at radius 3 is 2.85 bits per heavy atom. The molecule has 0 fully saturated rings. The van der Waals surface area contributed by atoms with Gasteiger partial charge >= 0.3 is 5.97 Å². The van der Waals surface area contributed by atoms with Crippen LogP contribution in [-0.4, -0.2) is 5.97 Å². The Balaban J connectivity index is 0. The summed E-state index contributed by atoms with van der Waals surface area (Å²) in [5.41, 5.74) is 0.959. The van der Waals surface area contributed by atoms with E-state index in [2.05, 4.69) is 16.8 Å². The molecule has 0 bridgehead atoms. The molecule has 0 aliphatic heterocycles. The smallest absolute Gasteiger partial charge is 0.323 e. The Morgan fingerprint density at radius 1 is 1.62 bits per heavy atom. The van der Waals surface area contributed by atoms with Crippen LogP contribution >= 0.6 is 0 Å². The number of hydrogen-bond acceptors (Lipinski definition) is 2. The third-order valence-corrected chi connectivity index (χ3v) is 1.26. The number of allylic oxidation sites excluding steroid dienone is 3. The van der Waals surface area contributed by atoms with E-state index in [9.17, 15) is 4.79 Å². The van der Waals surface area contributed by atoms with E-state index in [1.165, 1.54) is 0 Å². The van der Waals surface area contributed by atoms with Crippen LogP contribution in [0, 0.1) is 12.0 Å². The molecule has 0 aliphatic carbocycles. The summed E-state index contributed by atoms with van der Waals surface area (Å²) in [5.74, 6) is 2.18. The number of esters is 1. The second kappa shape index (κ2) is 7.17. The predicted molar refractivity (Wildman–Crippen MR) is 54.8 cm³/mol. The average Bonchev–Trinajstić information content (AvgIpc) is 2.11. The Morgan fingerprint density at radius 2 is 2.31 bits per heavy atom. The van der Waals surface area contributed by atoms with Crippen molar-refractivity contribution in [2.45, 2.75) is 27.2 Å². The molecule has 0 aromatic rings. The van der Waals surface area contributed by atoms with Gasteiger partial charge in [-0.25, -0.2) is 0 Å². The molecule has 0 aromatic heterocycles. The Hall–Kier alpha value is -1.49. The molecule has 0 spiro atoms. The van der Waals surface area contributed by atoms with Crippen molar-refractivity contribution in [3.8, 4) is 12.0 Å². The molecule has 0 N–H and O–H groups in total. The van der Waals surface area contributed by atoms with Crippen LogP contribution in [0.5, 0.6) is 0 Å². The fourth-order valence-electron chi connectivity index (χ4n) is 0.691. The van der Waals surface area contributed by atoms with Crippen molar-refractivity contribution in [3.05, 3.63) is 23.8 Å². The topological polar surface area (TPSA) is 26.3 Å². The van der Waals surface area contributed by atoms with E-state index in [1.807, 2.05) is 32.1 Å². The molecule has 0 atom stereocenters. The summed E-state index contributed by atoms with van der Waals surface area (Å²) in [4.78, 5) is 11.0. The van der Waals surface area contributed by atoms with Crippen molar-refractivity contribution in [2.24, 2.45) is 0 Å². The standard InChI is InChI=1S/C11H14O2.H2/c1-4-6-7-10(3)9-11(12)13-8-5-2;/h4,6-7H,9H2,1-3H3;1H/b6-4-,10-7+;. The van der Waals surface area contributed by atoms with Crippen molar-refractivity contribution in [1.29, 1.82) is 0 Å². The molecule has 2 heteroatoms. The first-order chi connectivity index (χ1) is 6.20. The molecule has 0 aliphatic rings. The van der Waals surface area contributed by atoms with Gasteiger partial charge in [-0.3, -0.25) is 4.79 Å². The molecule has 0 aromatic carbocycles. The van der Waals surface area contributed by atoms with Gasteiger partial charge in [0.25, 0.3) is 0 Å². The van der Waals surface area contributed by atoms with Gasteiger partial charge in [0.2, 0.25) is 0 Å². The van der Waals surface area contributed by atoms with Crippen LogP contribution in [0.15, 0.2) is 23.8 Å². The first-order valence-corrected chi connectivity index (χ1v) is 4.10. The van der Waals surface area contributed by atoms with Crippen LogP contribution in [0.4, 0.5) is 0 Å². The van der Waals surface area contributed by atoms with E-state index in [0.29, 0.717) is 6.42 Å². The Kier molecular flexibility index (Phi) is 6.35. The minimum Gasteiger partial charge on any atom is -0.372 e. The summed E-state index contributed by atoms with van der Waals surface area (Å²) >= 11 is 0. The molecular formula is C11H16O2. The number of ether oxygens (including phenoxy) is 1. The lowest BCUT2D eigenvalue weighted by Gasteiger charge is -1.95. The minimum absolute atomic E-state index is 0. The Labute approximate surface area is 80.8 Å². The van der Waals surface area contributed by atoms with Crippen LogP contribution in [0.25, 0.3) is 0 Å². The quantitative estimate of drug-likeness (QED) is 0.379. The fraction of sp³-hybridized carbons (Fsp3) is 0.364. The van der Waals surface area contributed by atoms with Crippen LogP contribution in [-0.2, 0) is 9.53 Å². The summed E-state index contributed by atoms with van der Waals surface area (Å²) in [6, 6.07) is 0. The number of hydrogen-bond donors (Lipinski definition) is 0. The molecule has 2 nitrogen and oxygen atoms in total. The average molecular weight is 180 g/mol. The summed E-state index contributed by atoms with van der Waals surface area (Å²) in [6.45, 7) is 5.42. The van der Waals surface area contributed by atoms with Crippen molar-refractivity contribution in [3.63, 3.8) is 0 Å². The summed E-state index contributed by atoms with van der Waals surface area (Å²) in [7, 11) is 0. The third kappa shape index (κ3) is 6.89. The third-order valence-electron chi connectivity index (χ3n) is 1.26. The second-order valence-electron chi connectivity index (χ2n) is 2.54. The minimum atomic E-state index is -0.312.